The molecule has 1 aliphatic rings. The molecule has 1 fully saturated rings. The molecule has 31 heavy (non-hydrogen) atoms. The van der Waals surface area contributed by atoms with Gasteiger partial charge in [-0.15, -0.1) is 10.2 Å². The van der Waals surface area contributed by atoms with Crippen LogP contribution in [-0.2, 0) is 6.54 Å². The van der Waals surface area contributed by atoms with Gasteiger partial charge in [-0.2, -0.15) is 5.10 Å². The molecule has 0 bridgehead atoms. The molecule has 1 aliphatic heterocycles. The molecule has 160 valence electrons. The van der Waals surface area contributed by atoms with Crippen LogP contribution in [0.5, 0.6) is 0 Å². The summed E-state index contributed by atoms with van der Waals surface area (Å²) in [6.45, 7) is 12.3. The minimum absolute atomic E-state index is 0.462. The predicted octanol–water partition coefficient (Wildman–Crippen LogP) is 5.34. The van der Waals surface area contributed by atoms with Crippen LogP contribution >= 0.6 is 11.6 Å². The third-order valence-electron chi connectivity index (χ3n) is 5.38. The van der Waals surface area contributed by atoms with Crippen LogP contribution in [0.1, 0.15) is 19.0 Å². The largest absolute Gasteiger partial charge is 0.299 e. The Balaban J connectivity index is 1.82. The molecule has 1 unspecified atom stereocenters. The van der Waals surface area contributed by atoms with Gasteiger partial charge in [-0.3, -0.25) is 4.90 Å². The van der Waals surface area contributed by atoms with E-state index in [2.05, 4.69) is 28.3 Å². The Bertz CT molecular complexity index is 1150. The summed E-state index contributed by atoms with van der Waals surface area (Å²) in [5, 5.41) is 14.9. The number of rotatable bonds is 7. The first kappa shape index (κ1) is 21.4. The average molecular weight is 438 g/mol. The molecule has 3 aromatic rings. The lowest BCUT2D eigenvalue weighted by Gasteiger charge is -2.14. The Labute approximate surface area is 186 Å². The molecular formula is C24H25ClFN5. The molecule has 3 heterocycles. The van der Waals surface area contributed by atoms with E-state index in [9.17, 15) is 4.39 Å². The highest BCUT2D eigenvalue weighted by atomic mass is 35.5. The Morgan fingerprint density at radius 1 is 1.26 bits per heavy atom. The van der Waals surface area contributed by atoms with Crippen molar-refractivity contribution in [2.45, 2.75) is 26.1 Å². The fourth-order valence-electron chi connectivity index (χ4n) is 3.87. The van der Waals surface area contributed by atoms with Gasteiger partial charge in [0.2, 0.25) is 0 Å². The maximum Gasteiger partial charge on any atom is 0.182 e. The summed E-state index contributed by atoms with van der Waals surface area (Å²) in [6, 6.07) is 9.71. The number of fused-ring (bicyclic) bond motifs is 1. The zero-order chi connectivity index (χ0) is 22.0. The van der Waals surface area contributed by atoms with Crippen molar-refractivity contribution in [1.82, 2.24) is 24.9 Å². The monoisotopic (exact) mass is 437 g/mol. The highest BCUT2D eigenvalue weighted by molar-refractivity contribution is 6.38. The van der Waals surface area contributed by atoms with E-state index in [1.807, 2.05) is 43.3 Å². The number of hydrogen-bond acceptors (Lipinski definition) is 4. The quantitative estimate of drug-likeness (QED) is 0.468. The van der Waals surface area contributed by atoms with Crippen molar-refractivity contribution in [2.75, 3.05) is 19.6 Å². The molecule has 0 radical (unpaired) electrons. The van der Waals surface area contributed by atoms with E-state index in [4.69, 9.17) is 16.7 Å². The van der Waals surface area contributed by atoms with E-state index in [-0.39, 0.29) is 0 Å². The number of halogens is 2. The number of benzene rings is 1. The second-order valence-corrected chi connectivity index (χ2v) is 8.21. The van der Waals surface area contributed by atoms with Crippen molar-refractivity contribution >= 4 is 28.2 Å². The zero-order valence-electron chi connectivity index (χ0n) is 17.6. The molecule has 1 saturated heterocycles. The van der Waals surface area contributed by atoms with Gasteiger partial charge in [0.15, 0.2) is 5.65 Å². The van der Waals surface area contributed by atoms with Crippen LogP contribution in [0.25, 0.3) is 27.9 Å². The molecule has 0 saturated carbocycles. The highest BCUT2D eigenvalue weighted by Crippen LogP contribution is 2.36. The van der Waals surface area contributed by atoms with Gasteiger partial charge in [0.1, 0.15) is 17.6 Å². The first-order chi connectivity index (χ1) is 15.0. The highest BCUT2D eigenvalue weighted by Gasteiger charge is 2.24. The topological polar surface area (TPSA) is 46.8 Å². The molecule has 7 heteroatoms. The summed E-state index contributed by atoms with van der Waals surface area (Å²) in [5.41, 5.74) is 4.48. The first-order valence-corrected chi connectivity index (χ1v) is 10.7. The van der Waals surface area contributed by atoms with Gasteiger partial charge >= 0.3 is 0 Å². The van der Waals surface area contributed by atoms with Crippen LogP contribution in [0.2, 0.25) is 5.02 Å². The van der Waals surface area contributed by atoms with E-state index in [0.717, 1.165) is 28.6 Å². The first-order valence-electron chi connectivity index (χ1n) is 10.3. The summed E-state index contributed by atoms with van der Waals surface area (Å²) in [5.74, 6) is 0. The number of allylic oxidation sites excluding steroid dienone is 4. The Morgan fingerprint density at radius 3 is 2.68 bits per heavy atom. The molecule has 0 spiro atoms. The van der Waals surface area contributed by atoms with E-state index in [1.54, 1.807) is 10.8 Å². The number of hydrogen-bond donors (Lipinski definition) is 0. The fraction of sp³-hybridized carbons (Fsp3) is 0.292. The molecule has 0 N–H and O–H groups in total. The van der Waals surface area contributed by atoms with Gasteiger partial charge in [0.25, 0.3) is 0 Å². The van der Waals surface area contributed by atoms with Crippen LogP contribution in [0.3, 0.4) is 0 Å². The predicted molar refractivity (Wildman–Crippen MR) is 125 cm³/mol. The lowest BCUT2D eigenvalue weighted by atomic mass is 10.1. The maximum absolute atomic E-state index is 13.6. The van der Waals surface area contributed by atoms with Crippen molar-refractivity contribution in [3.63, 3.8) is 0 Å². The summed E-state index contributed by atoms with van der Waals surface area (Å²) < 4.78 is 15.4. The summed E-state index contributed by atoms with van der Waals surface area (Å²) in [4.78, 5) is 2.10. The zero-order valence-corrected chi connectivity index (χ0v) is 18.3. The van der Waals surface area contributed by atoms with E-state index in [1.165, 1.54) is 0 Å². The standard InChI is InChI=1S/C24H25ClFN5/c1-4-17(14-16(2)3)22-20-21(25)23(18-8-6-5-7-9-18)27-28-24(20)31(29-22)13-12-30-11-10-19(26)15-30/h4-9,14,19H,1-2,10-13,15H2,3H3. The summed E-state index contributed by atoms with van der Waals surface area (Å²) >= 11 is 6.88. The molecular weight excluding hydrogens is 413 g/mol. The molecule has 0 aliphatic carbocycles. The minimum atomic E-state index is -0.751. The maximum atomic E-state index is 13.6. The van der Waals surface area contributed by atoms with Crippen LogP contribution < -0.4 is 0 Å². The molecule has 5 nitrogen and oxygen atoms in total. The van der Waals surface area contributed by atoms with Crippen molar-refractivity contribution in [2.24, 2.45) is 0 Å². The van der Waals surface area contributed by atoms with Crippen LogP contribution in [-0.4, -0.2) is 50.7 Å². The van der Waals surface area contributed by atoms with Crippen LogP contribution in [0.15, 0.2) is 61.2 Å². The van der Waals surface area contributed by atoms with Gasteiger partial charge < -0.3 is 0 Å². The second kappa shape index (κ2) is 9.12. The Hall–Kier alpha value is -2.83. The lowest BCUT2D eigenvalue weighted by molar-refractivity contribution is 0.277. The lowest BCUT2D eigenvalue weighted by Crippen LogP contribution is -2.26. The van der Waals surface area contributed by atoms with Crippen molar-refractivity contribution in [1.29, 1.82) is 0 Å². The average Bonchev–Trinajstić information content (AvgIpc) is 3.35. The number of likely N-dealkylation sites (tertiary alicyclic amines) is 1. The van der Waals surface area contributed by atoms with Gasteiger partial charge in [-0.1, -0.05) is 72.8 Å². The van der Waals surface area contributed by atoms with Gasteiger partial charge in [0, 0.05) is 30.8 Å². The van der Waals surface area contributed by atoms with E-state index in [0.29, 0.717) is 48.1 Å². The number of alkyl halides is 1. The normalized spacial score (nSPS) is 17.4. The summed E-state index contributed by atoms with van der Waals surface area (Å²) in [7, 11) is 0. The molecule has 4 rings (SSSR count). The van der Waals surface area contributed by atoms with Crippen LogP contribution in [0, 0.1) is 0 Å². The van der Waals surface area contributed by atoms with Crippen molar-refractivity contribution in [3.8, 4) is 11.3 Å². The van der Waals surface area contributed by atoms with E-state index < -0.39 is 6.17 Å². The SMILES string of the molecule is C=CC(=CC(=C)C)c1nn(CCN2CCC(F)C2)c2nnc(-c3ccccc3)c(Cl)c12. The summed E-state index contributed by atoms with van der Waals surface area (Å²) in [6.07, 6.45) is 3.50. The van der Waals surface area contributed by atoms with Gasteiger partial charge in [-0.25, -0.2) is 9.07 Å². The van der Waals surface area contributed by atoms with Crippen molar-refractivity contribution in [3.05, 3.63) is 71.9 Å². The third-order valence-corrected chi connectivity index (χ3v) is 5.75. The minimum Gasteiger partial charge on any atom is -0.299 e. The Morgan fingerprint density at radius 2 is 2.03 bits per heavy atom. The fourth-order valence-corrected chi connectivity index (χ4v) is 4.19. The molecule has 2 aromatic heterocycles. The molecule has 1 aromatic carbocycles. The third kappa shape index (κ3) is 4.45. The Kier molecular flexibility index (Phi) is 6.30. The van der Waals surface area contributed by atoms with Crippen molar-refractivity contribution < 1.29 is 4.39 Å². The number of nitrogens with zero attached hydrogens (tertiary/aromatic N) is 5. The smallest absolute Gasteiger partial charge is 0.182 e. The van der Waals surface area contributed by atoms with Gasteiger partial charge in [-0.05, 0) is 13.3 Å². The second-order valence-electron chi connectivity index (χ2n) is 7.84. The number of aromatic nitrogens is 4. The van der Waals surface area contributed by atoms with Crippen LogP contribution in [0.4, 0.5) is 4.39 Å². The molecule has 0 amide bonds. The van der Waals surface area contributed by atoms with Gasteiger partial charge in [0.05, 0.1) is 17.0 Å². The van der Waals surface area contributed by atoms with E-state index >= 15 is 0 Å². The molecule has 1 atom stereocenters.